The van der Waals surface area contributed by atoms with Gasteiger partial charge in [0.05, 0.1) is 13.2 Å². The number of carbonyl (C=O) groups excluding carboxylic acids is 2. The van der Waals surface area contributed by atoms with Crippen LogP contribution in [0.3, 0.4) is 0 Å². The molecule has 0 radical (unpaired) electrons. The summed E-state index contributed by atoms with van der Waals surface area (Å²) in [5, 5.41) is 0. The minimum atomic E-state index is -4.38. The maximum atomic E-state index is 12.7. The van der Waals surface area contributed by atoms with Crippen molar-refractivity contribution < 1.29 is 37.6 Å². The Morgan fingerprint density at radius 2 is 0.597 bits per heavy atom. The Balaban J connectivity index is 3.84. The van der Waals surface area contributed by atoms with Crippen LogP contribution in [0.2, 0.25) is 0 Å². The molecule has 0 bridgehead atoms. The largest absolute Gasteiger partial charge is 0.472 e. The zero-order chi connectivity index (χ0) is 52.4. The number of nitrogens with two attached hydrogens (primary N) is 1. The van der Waals surface area contributed by atoms with Crippen LogP contribution in [0.15, 0.2) is 0 Å². The Hall–Kier alpha value is -0.990. The quantitative estimate of drug-likeness (QED) is 0.0347. The normalized spacial score (nSPS) is 12.9. The third-order valence-corrected chi connectivity index (χ3v) is 15.7. The second-order valence-corrected chi connectivity index (χ2v) is 23.5. The number of hydrogen-bond acceptors (Lipinski definition) is 8. The van der Waals surface area contributed by atoms with Crippen molar-refractivity contribution in [1.29, 1.82) is 0 Å². The van der Waals surface area contributed by atoms with Crippen molar-refractivity contribution >= 4 is 19.8 Å². The number of unbranched alkanes of at least 4 members (excludes halogenated alkanes) is 49. The lowest BCUT2D eigenvalue weighted by Crippen LogP contribution is -2.29. The van der Waals surface area contributed by atoms with Crippen LogP contribution in [0.25, 0.3) is 0 Å². The predicted molar refractivity (Wildman–Crippen MR) is 308 cm³/mol. The Kier molecular flexibility index (Phi) is 58.4. The van der Waals surface area contributed by atoms with Crippen LogP contribution in [-0.4, -0.2) is 49.3 Å². The Morgan fingerprint density at radius 3 is 0.847 bits per heavy atom. The Morgan fingerprint density at radius 1 is 0.361 bits per heavy atom. The lowest BCUT2D eigenvalue weighted by Gasteiger charge is -2.19. The molecule has 0 aromatic rings. The van der Waals surface area contributed by atoms with Crippen molar-refractivity contribution in [3.8, 4) is 0 Å². The number of ether oxygens (including phenoxy) is 2. The van der Waals surface area contributed by atoms with E-state index in [1.165, 1.54) is 289 Å². The van der Waals surface area contributed by atoms with Crippen molar-refractivity contribution in [2.75, 3.05) is 26.4 Å². The molecule has 0 rings (SSSR count). The van der Waals surface area contributed by atoms with Gasteiger partial charge in [0.2, 0.25) is 0 Å². The van der Waals surface area contributed by atoms with Crippen molar-refractivity contribution in [3.63, 3.8) is 0 Å². The molecule has 0 saturated carbocycles. The van der Waals surface area contributed by atoms with E-state index in [9.17, 15) is 19.0 Å². The van der Waals surface area contributed by atoms with E-state index in [1.54, 1.807) is 0 Å². The summed E-state index contributed by atoms with van der Waals surface area (Å²) in [6.45, 7) is 3.84. The molecular formula is C62H124NO8P. The second-order valence-electron chi connectivity index (χ2n) is 22.0. The summed E-state index contributed by atoms with van der Waals surface area (Å²) in [6.07, 6.45) is 67.6. The van der Waals surface area contributed by atoms with E-state index in [1.807, 2.05) is 0 Å². The first-order valence-electron chi connectivity index (χ1n) is 32.0. The topological polar surface area (TPSA) is 134 Å². The molecule has 0 fully saturated rings. The molecule has 3 N–H and O–H groups in total. The predicted octanol–water partition coefficient (Wildman–Crippen LogP) is 20.2. The molecule has 0 saturated heterocycles. The van der Waals surface area contributed by atoms with Gasteiger partial charge >= 0.3 is 19.8 Å². The zero-order valence-electron chi connectivity index (χ0n) is 48.2. The summed E-state index contributed by atoms with van der Waals surface area (Å²) in [4.78, 5) is 35.3. The lowest BCUT2D eigenvalue weighted by atomic mass is 10.0. The summed E-state index contributed by atoms with van der Waals surface area (Å²) in [5.74, 6) is -0.799. The minimum Gasteiger partial charge on any atom is -0.462 e. The molecule has 0 aliphatic carbocycles. The molecule has 430 valence electrons. The van der Waals surface area contributed by atoms with Gasteiger partial charge in [0.15, 0.2) is 6.10 Å². The van der Waals surface area contributed by atoms with Crippen LogP contribution in [0.4, 0.5) is 0 Å². The van der Waals surface area contributed by atoms with Gasteiger partial charge in [0.1, 0.15) is 6.61 Å². The van der Waals surface area contributed by atoms with Gasteiger partial charge in [-0.15, -0.1) is 0 Å². The first kappa shape index (κ1) is 71.0. The second kappa shape index (κ2) is 59.3. The maximum Gasteiger partial charge on any atom is 0.472 e. The van der Waals surface area contributed by atoms with Gasteiger partial charge in [-0.1, -0.05) is 328 Å². The number of carbonyl (C=O) groups is 2. The maximum absolute atomic E-state index is 12.7. The molecule has 0 heterocycles. The first-order valence-corrected chi connectivity index (χ1v) is 33.5. The summed E-state index contributed by atoms with van der Waals surface area (Å²) in [6, 6.07) is 0. The van der Waals surface area contributed by atoms with Gasteiger partial charge in [-0.2, -0.15) is 0 Å². The van der Waals surface area contributed by atoms with Crippen LogP contribution in [0.1, 0.15) is 354 Å². The molecule has 2 unspecified atom stereocenters. The number of phosphoric acid groups is 1. The average molecular weight is 1040 g/mol. The lowest BCUT2D eigenvalue weighted by molar-refractivity contribution is -0.161. The SMILES string of the molecule is CCCCCCCCCCCCCCCCCCCCCCCCCCCCCCCC(=O)OC(COC(=O)CCCCCCCCCCCCCCCCCCCCCCCC)COP(=O)(O)OCCN. The van der Waals surface area contributed by atoms with Crippen LogP contribution < -0.4 is 5.73 Å². The molecule has 0 amide bonds. The summed E-state index contributed by atoms with van der Waals surface area (Å²) >= 11 is 0. The van der Waals surface area contributed by atoms with Crippen molar-refractivity contribution in [1.82, 2.24) is 0 Å². The van der Waals surface area contributed by atoms with Crippen LogP contribution in [0, 0.1) is 0 Å². The van der Waals surface area contributed by atoms with E-state index < -0.39 is 26.5 Å². The molecule has 0 aromatic heterocycles. The summed E-state index contributed by atoms with van der Waals surface area (Å²) in [5.41, 5.74) is 5.39. The monoisotopic (exact) mass is 1040 g/mol. The molecule has 0 aliphatic heterocycles. The fourth-order valence-corrected chi connectivity index (χ4v) is 10.8. The standard InChI is InChI=1S/C62H124NO8P/c1-3-5-7-9-11-13-15-17-19-21-23-25-27-28-29-30-31-32-33-35-37-39-41-43-45-47-49-51-53-55-62(65)71-60(59-70-72(66,67)69-57-56-63)58-68-61(64)54-52-50-48-46-44-42-40-38-36-34-26-24-22-20-18-16-14-12-10-8-6-4-2/h60H,3-59,63H2,1-2H3,(H,66,67). The van der Waals surface area contributed by atoms with Gasteiger partial charge in [0.25, 0.3) is 0 Å². The van der Waals surface area contributed by atoms with Crippen LogP contribution in [-0.2, 0) is 32.7 Å². The molecule has 10 heteroatoms. The zero-order valence-corrected chi connectivity index (χ0v) is 49.1. The van der Waals surface area contributed by atoms with Gasteiger partial charge in [-0.3, -0.25) is 18.6 Å². The van der Waals surface area contributed by atoms with Crippen LogP contribution in [0.5, 0.6) is 0 Å². The third kappa shape index (κ3) is 58.3. The van der Waals surface area contributed by atoms with E-state index in [2.05, 4.69) is 13.8 Å². The highest BCUT2D eigenvalue weighted by molar-refractivity contribution is 7.47. The van der Waals surface area contributed by atoms with Crippen molar-refractivity contribution in [3.05, 3.63) is 0 Å². The molecular weight excluding hydrogens is 918 g/mol. The average Bonchev–Trinajstić information content (AvgIpc) is 3.37. The first-order chi connectivity index (χ1) is 35.3. The van der Waals surface area contributed by atoms with E-state index in [4.69, 9.17) is 24.3 Å². The molecule has 0 spiro atoms. The van der Waals surface area contributed by atoms with E-state index in [0.29, 0.717) is 12.8 Å². The summed E-state index contributed by atoms with van der Waals surface area (Å²) in [7, 11) is -4.38. The summed E-state index contributed by atoms with van der Waals surface area (Å²) < 4.78 is 33.1. The van der Waals surface area contributed by atoms with E-state index in [-0.39, 0.29) is 32.1 Å². The number of esters is 2. The molecule has 0 aliphatic rings. The number of rotatable bonds is 62. The highest BCUT2D eigenvalue weighted by atomic mass is 31.2. The highest BCUT2D eigenvalue weighted by Crippen LogP contribution is 2.43. The molecule has 9 nitrogen and oxygen atoms in total. The molecule has 2 atom stereocenters. The number of hydrogen-bond donors (Lipinski definition) is 2. The third-order valence-electron chi connectivity index (χ3n) is 14.7. The van der Waals surface area contributed by atoms with Crippen molar-refractivity contribution in [2.45, 2.75) is 360 Å². The van der Waals surface area contributed by atoms with Gasteiger partial charge in [-0.25, -0.2) is 4.57 Å². The highest BCUT2D eigenvalue weighted by Gasteiger charge is 2.26. The fraction of sp³-hybridized carbons (Fsp3) is 0.968. The van der Waals surface area contributed by atoms with E-state index >= 15 is 0 Å². The van der Waals surface area contributed by atoms with Gasteiger partial charge in [0, 0.05) is 19.4 Å². The molecule has 72 heavy (non-hydrogen) atoms. The molecule has 0 aromatic carbocycles. The smallest absolute Gasteiger partial charge is 0.462 e. The Labute approximate surface area is 447 Å². The van der Waals surface area contributed by atoms with E-state index in [0.717, 1.165) is 32.1 Å². The minimum absolute atomic E-state index is 0.0587. The fourth-order valence-electron chi connectivity index (χ4n) is 10.00. The Bertz CT molecular complexity index is 1140. The van der Waals surface area contributed by atoms with Gasteiger partial charge < -0.3 is 20.1 Å². The number of phosphoric ester groups is 1. The van der Waals surface area contributed by atoms with Gasteiger partial charge in [-0.05, 0) is 12.8 Å². The van der Waals surface area contributed by atoms with Crippen molar-refractivity contribution in [2.24, 2.45) is 5.73 Å². The van der Waals surface area contributed by atoms with Crippen LogP contribution >= 0.6 is 7.82 Å².